The molecule has 8 heteroatoms. The van der Waals surface area contributed by atoms with Crippen LogP contribution in [0.5, 0.6) is 0 Å². The average molecular weight is 353 g/mol. The number of pyridine rings is 1. The molecule has 25 heavy (non-hydrogen) atoms. The summed E-state index contributed by atoms with van der Waals surface area (Å²) in [6.45, 7) is 0.813. The van der Waals surface area contributed by atoms with Crippen molar-refractivity contribution >= 4 is 35.1 Å². The molecule has 0 radical (unpaired) electrons. The topological polar surface area (TPSA) is 107 Å². The Bertz CT molecular complexity index is 862. The van der Waals surface area contributed by atoms with E-state index in [0.717, 1.165) is 4.90 Å². The zero-order valence-electron chi connectivity index (χ0n) is 13.2. The second-order valence-electron chi connectivity index (χ2n) is 5.24. The van der Waals surface area contributed by atoms with Crippen LogP contribution in [-0.2, 0) is 4.79 Å². The van der Waals surface area contributed by atoms with Crippen molar-refractivity contribution in [2.24, 2.45) is 0 Å². The van der Waals surface area contributed by atoms with E-state index in [2.05, 4.69) is 27.0 Å². The van der Waals surface area contributed by atoms with Gasteiger partial charge in [-0.15, -0.1) is 11.8 Å². The van der Waals surface area contributed by atoms with Crippen molar-refractivity contribution in [1.29, 1.82) is 5.26 Å². The highest BCUT2D eigenvalue weighted by Gasteiger charge is 2.17. The van der Waals surface area contributed by atoms with Crippen LogP contribution in [0.2, 0.25) is 0 Å². The van der Waals surface area contributed by atoms with Crippen LogP contribution in [0.1, 0.15) is 15.9 Å². The van der Waals surface area contributed by atoms with Gasteiger partial charge in [0, 0.05) is 29.7 Å². The fraction of sp³-hybridized carbons (Fsp3) is 0.176. The summed E-state index contributed by atoms with van der Waals surface area (Å²) in [6.07, 6.45) is 1.60. The number of carbonyl (C=O) groups is 2. The van der Waals surface area contributed by atoms with Crippen molar-refractivity contribution in [1.82, 2.24) is 10.3 Å². The molecule has 2 aromatic rings. The van der Waals surface area contributed by atoms with Gasteiger partial charge in [0.25, 0.3) is 5.91 Å². The molecule has 2 heterocycles. The molecular formula is C17H15N5O2S. The standard InChI is InChI=1S/C17H15N5O2S/c18-9-12-2-1-5-19-16(12)20-6-7-21-17(24)11-3-4-14-13(8-11)22-15(23)10-25-14/h1-5,8H,6-7,10H2,(H,19,20)(H,21,24)(H,22,23). The first-order valence-electron chi connectivity index (χ1n) is 7.61. The van der Waals surface area contributed by atoms with Crippen molar-refractivity contribution in [3.8, 4) is 6.07 Å². The van der Waals surface area contributed by atoms with Crippen molar-refractivity contribution in [3.63, 3.8) is 0 Å². The normalized spacial score (nSPS) is 12.5. The molecule has 3 N–H and O–H groups in total. The third kappa shape index (κ3) is 4.08. The maximum atomic E-state index is 12.2. The fourth-order valence-corrected chi connectivity index (χ4v) is 3.11. The van der Waals surface area contributed by atoms with Crippen LogP contribution in [0.4, 0.5) is 11.5 Å². The molecule has 7 nitrogen and oxygen atoms in total. The maximum Gasteiger partial charge on any atom is 0.251 e. The summed E-state index contributed by atoms with van der Waals surface area (Å²) in [5.74, 6) is 0.592. The third-order valence-corrected chi connectivity index (χ3v) is 4.58. The highest BCUT2D eigenvalue weighted by atomic mass is 32.2. The number of nitrogens with one attached hydrogen (secondary N) is 3. The van der Waals surface area contributed by atoms with Crippen LogP contribution in [0.3, 0.4) is 0 Å². The second kappa shape index (κ2) is 7.68. The van der Waals surface area contributed by atoms with Gasteiger partial charge in [-0.05, 0) is 30.3 Å². The van der Waals surface area contributed by atoms with E-state index < -0.39 is 0 Å². The summed E-state index contributed by atoms with van der Waals surface area (Å²) in [4.78, 5) is 28.7. The van der Waals surface area contributed by atoms with Crippen LogP contribution in [-0.4, -0.2) is 35.6 Å². The van der Waals surface area contributed by atoms with Gasteiger partial charge in [0.1, 0.15) is 11.9 Å². The largest absolute Gasteiger partial charge is 0.367 e. The molecule has 0 saturated carbocycles. The van der Waals surface area contributed by atoms with Gasteiger partial charge in [-0.3, -0.25) is 9.59 Å². The molecule has 1 aromatic heterocycles. The molecule has 0 saturated heterocycles. The van der Waals surface area contributed by atoms with Gasteiger partial charge in [0.2, 0.25) is 5.91 Å². The molecule has 0 fully saturated rings. The van der Waals surface area contributed by atoms with E-state index in [1.807, 2.05) is 6.07 Å². The number of hydrogen-bond donors (Lipinski definition) is 3. The fourth-order valence-electron chi connectivity index (χ4n) is 2.32. The molecule has 0 atom stereocenters. The van der Waals surface area contributed by atoms with Gasteiger partial charge in [-0.1, -0.05) is 0 Å². The Morgan fingerprint density at radius 1 is 1.36 bits per heavy atom. The number of nitrogens with zero attached hydrogens (tertiary/aromatic N) is 2. The van der Waals surface area contributed by atoms with Crippen LogP contribution in [0.25, 0.3) is 0 Å². The quantitative estimate of drug-likeness (QED) is 0.708. The SMILES string of the molecule is N#Cc1cccnc1NCCNC(=O)c1ccc2c(c1)NC(=O)CS2. The smallest absolute Gasteiger partial charge is 0.251 e. The number of benzene rings is 1. The van der Waals surface area contributed by atoms with E-state index in [1.54, 1.807) is 30.5 Å². The molecular weight excluding hydrogens is 338 g/mol. The van der Waals surface area contributed by atoms with E-state index >= 15 is 0 Å². The highest BCUT2D eigenvalue weighted by Crippen LogP contribution is 2.31. The van der Waals surface area contributed by atoms with Gasteiger partial charge >= 0.3 is 0 Å². The summed E-state index contributed by atoms with van der Waals surface area (Å²) in [5, 5.41) is 17.6. The predicted molar refractivity (Wildman–Crippen MR) is 95.6 cm³/mol. The van der Waals surface area contributed by atoms with Crippen LogP contribution in [0.15, 0.2) is 41.4 Å². The minimum atomic E-state index is -0.226. The minimum absolute atomic E-state index is 0.0667. The summed E-state index contributed by atoms with van der Waals surface area (Å²) < 4.78 is 0. The predicted octanol–water partition coefficient (Wildman–Crippen LogP) is 1.84. The van der Waals surface area contributed by atoms with Crippen molar-refractivity contribution < 1.29 is 9.59 Å². The van der Waals surface area contributed by atoms with Crippen molar-refractivity contribution in [2.45, 2.75) is 4.90 Å². The summed E-state index contributed by atoms with van der Waals surface area (Å²) in [7, 11) is 0. The number of carbonyl (C=O) groups excluding carboxylic acids is 2. The number of amides is 2. The van der Waals surface area contributed by atoms with E-state index in [1.165, 1.54) is 11.8 Å². The van der Waals surface area contributed by atoms with Crippen LogP contribution >= 0.6 is 11.8 Å². The first-order chi connectivity index (χ1) is 12.2. The first kappa shape index (κ1) is 16.8. The summed E-state index contributed by atoms with van der Waals surface area (Å²) in [5.41, 5.74) is 1.60. The molecule has 1 aromatic carbocycles. The second-order valence-corrected chi connectivity index (χ2v) is 6.26. The molecule has 0 aliphatic carbocycles. The number of aromatic nitrogens is 1. The van der Waals surface area contributed by atoms with Gasteiger partial charge in [-0.2, -0.15) is 5.26 Å². The Kier molecular flexibility index (Phi) is 5.16. The monoisotopic (exact) mass is 353 g/mol. The van der Waals surface area contributed by atoms with Gasteiger partial charge in [0.15, 0.2) is 0 Å². The lowest BCUT2D eigenvalue weighted by atomic mass is 10.2. The van der Waals surface area contributed by atoms with Crippen LogP contribution in [0, 0.1) is 11.3 Å². The zero-order valence-corrected chi connectivity index (χ0v) is 14.0. The first-order valence-corrected chi connectivity index (χ1v) is 8.60. The lowest BCUT2D eigenvalue weighted by molar-refractivity contribution is -0.113. The molecule has 0 unspecified atom stereocenters. The number of nitriles is 1. The number of anilines is 2. The Balaban J connectivity index is 1.54. The van der Waals surface area contributed by atoms with Crippen molar-refractivity contribution in [2.75, 3.05) is 29.5 Å². The third-order valence-electron chi connectivity index (χ3n) is 3.51. The average Bonchev–Trinajstić information content (AvgIpc) is 2.64. The van der Waals surface area contributed by atoms with Crippen LogP contribution < -0.4 is 16.0 Å². The molecule has 1 aliphatic heterocycles. The number of rotatable bonds is 5. The molecule has 2 amide bonds. The van der Waals surface area contributed by atoms with E-state index in [9.17, 15) is 9.59 Å². The number of fused-ring (bicyclic) bond motifs is 1. The van der Waals surface area contributed by atoms with Gasteiger partial charge < -0.3 is 16.0 Å². The Labute approximate surface area is 148 Å². The van der Waals surface area contributed by atoms with E-state index in [-0.39, 0.29) is 11.8 Å². The number of thioether (sulfide) groups is 1. The zero-order chi connectivity index (χ0) is 17.6. The van der Waals surface area contributed by atoms with Crippen molar-refractivity contribution in [3.05, 3.63) is 47.7 Å². The summed E-state index contributed by atoms with van der Waals surface area (Å²) in [6, 6.07) is 10.7. The lowest BCUT2D eigenvalue weighted by Gasteiger charge is -2.17. The Morgan fingerprint density at radius 3 is 3.08 bits per heavy atom. The molecule has 3 rings (SSSR count). The Hall–Kier alpha value is -3.05. The lowest BCUT2D eigenvalue weighted by Crippen LogP contribution is -2.29. The highest BCUT2D eigenvalue weighted by molar-refractivity contribution is 8.00. The molecule has 126 valence electrons. The van der Waals surface area contributed by atoms with Gasteiger partial charge in [-0.25, -0.2) is 4.98 Å². The maximum absolute atomic E-state index is 12.2. The number of hydrogen-bond acceptors (Lipinski definition) is 6. The molecule has 0 spiro atoms. The molecule has 0 bridgehead atoms. The van der Waals surface area contributed by atoms with Gasteiger partial charge in [0.05, 0.1) is 17.0 Å². The van der Waals surface area contributed by atoms with E-state index in [4.69, 9.17) is 5.26 Å². The molecule has 1 aliphatic rings. The Morgan fingerprint density at radius 2 is 2.24 bits per heavy atom. The minimum Gasteiger partial charge on any atom is -0.367 e. The van der Waals surface area contributed by atoms with E-state index in [0.29, 0.717) is 41.5 Å². The summed E-state index contributed by atoms with van der Waals surface area (Å²) >= 11 is 1.45.